The Morgan fingerprint density at radius 2 is 2.20 bits per heavy atom. The summed E-state index contributed by atoms with van der Waals surface area (Å²) in [7, 11) is 0. The molecule has 1 aliphatic heterocycles. The fraction of sp³-hybridized carbons (Fsp3) is 0.444. The molecule has 0 saturated carbocycles. The van der Waals surface area contributed by atoms with Gasteiger partial charge in [0.1, 0.15) is 23.6 Å². The van der Waals surface area contributed by atoms with Crippen molar-refractivity contribution in [3.8, 4) is 0 Å². The molecule has 2 aromatic rings. The van der Waals surface area contributed by atoms with Gasteiger partial charge in [0, 0.05) is 24.2 Å². The second kappa shape index (κ2) is 7.56. The first kappa shape index (κ1) is 17.9. The summed E-state index contributed by atoms with van der Waals surface area (Å²) >= 11 is 6.01. The Morgan fingerprint density at radius 3 is 2.96 bits per heavy atom. The van der Waals surface area contributed by atoms with E-state index in [1.165, 1.54) is 6.33 Å². The van der Waals surface area contributed by atoms with E-state index in [9.17, 15) is 10.2 Å². The van der Waals surface area contributed by atoms with Crippen molar-refractivity contribution in [2.75, 3.05) is 29.9 Å². The van der Waals surface area contributed by atoms with Crippen molar-refractivity contribution in [2.45, 2.75) is 31.4 Å². The zero-order chi connectivity index (χ0) is 17.9. The number of nitrogens with zero attached hydrogens (tertiary/aromatic N) is 3. The molecule has 2 heterocycles. The molecule has 1 aliphatic rings. The first-order valence-corrected chi connectivity index (χ1v) is 8.79. The number of hydrogen-bond acceptors (Lipinski definition) is 6. The van der Waals surface area contributed by atoms with Crippen LogP contribution in [0.2, 0.25) is 5.02 Å². The van der Waals surface area contributed by atoms with Gasteiger partial charge in [0.05, 0.1) is 12.6 Å². The lowest BCUT2D eigenvalue weighted by atomic mass is 9.96. The summed E-state index contributed by atoms with van der Waals surface area (Å²) in [4.78, 5) is 10.6. The molecule has 134 valence electrons. The second-order valence-electron chi connectivity index (χ2n) is 6.57. The number of nitrogens with one attached hydrogen (secondary N) is 1. The highest BCUT2D eigenvalue weighted by Gasteiger charge is 2.26. The average Bonchev–Trinajstić information content (AvgIpc) is 3.09. The van der Waals surface area contributed by atoms with Gasteiger partial charge in [-0.15, -0.1) is 0 Å². The minimum atomic E-state index is -1.09. The lowest BCUT2D eigenvalue weighted by Gasteiger charge is -2.26. The Bertz CT molecular complexity index is 726. The van der Waals surface area contributed by atoms with Crippen LogP contribution in [-0.2, 0) is 5.60 Å². The molecule has 0 radical (unpaired) electrons. The third-order valence-electron chi connectivity index (χ3n) is 4.60. The molecule has 0 aliphatic carbocycles. The Labute approximate surface area is 152 Å². The summed E-state index contributed by atoms with van der Waals surface area (Å²) in [6.07, 6.45) is 3.51. The van der Waals surface area contributed by atoms with Crippen LogP contribution in [0.15, 0.2) is 36.7 Å². The number of benzene rings is 1. The van der Waals surface area contributed by atoms with Crippen LogP contribution in [0.3, 0.4) is 0 Å². The molecule has 1 fully saturated rings. The van der Waals surface area contributed by atoms with Crippen LogP contribution in [-0.4, -0.2) is 45.9 Å². The summed E-state index contributed by atoms with van der Waals surface area (Å²) in [6.45, 7) is 3.02. The van der Waals surface area contributed by atoms with Gasteiger partial charge in [-0.1, -0.05) is 23.7 Å². The summed E-state index contributed by atoms with van der Waals surface area (Å²) in [5.41, 5.74) is -0.348. The predicted molar refractivity (Wildman–Crippen MR) is 99.0 cm³/mol. The highest BCUT2D eigenvalue weighted by molar-refractivity contribution is 6.30. The normalized spacial score (nSPS) is 19.7. The largest absolute Gasteiger partial charge is 0.394 e. The van der Waals surface area contributed by atoms with Crippen molar-refractivity contribution in [3.05, 3.63) is 47.2 Å². The average molecular weight is 363 g/mol. The molecule has 0 amide bonds. The van der Waals surface area contributed by atoms with E-state index in [1.807, 2.05) is 18.2 Å². The zero-order valence-electron chi connectivity index (χ0n) is 14.2. The van der Waals surface area contributed by atoms with Crippen molar-refractivity contribution in [1.82, 2.24) is 9.97 Å². The maximum atomic E-state index is 10.7. The van der Waals surface area contributed by atoms with Gasteiger partial charge in [-0.05, 0) is 37.5 Å². The van der Waals surface area contributed by atoms with Crippen LogP contribution in [0.1, 0.15) is 25.3 Å². The third kappa shape index (κ3) is 4.21. The summed E-state index contributed by atoms with van der Waals surface area (Å²) < 4.78 is 0. The van der Waals surface area contributed by atoms with E-state index in [0.717, 1.165) is 30.8 Å². The molecule has 0 bridgehead atoms. The van der Waals surface area contributed by atoms with Crippen LogP contribution in [0, 0.1) is 0 Å². The Hall–Kier alpha value is -1.89. The van der Waals surface area contributed by atoms with Gasteiger partial charge < -0.3 is 20.4 Å². The monoisotopic (exact) mass is 362 g/mol. The number of aliphatic hydroxyl groups is 2. The second-order valence-corrected chi connectivity index (χ2v) is 7.01. The molecule has 2 atom stereocenters. The van der Waals surface area contributed by atoms with E-state index >= 15 is 0 Å². The standard InChI is InChI=1S/C18H23ClN4O2/c1-18(25,13-4-2-5-14(19)8-13)11-20-16-9-17(22-12-21-16)23-7-3-6-15(23)10-24/h2,4-5,8-9,12,15,24-25H,3,6-7,10-11H2,1H3,(H,20,21,22). The number of rotatable bonds is 6. The molecule has 6 nitrogen and oxygen atoms in total. The number of hydrogen-bond donors (Lipinski definition) is 3. The van der Waals surface area contributed by atoms with Crippen LogP contribution >= 0.6 is 11.6 Å². The molecule has 1 saturated heterocycles. The van der Waals surface area contributed by atoms with Crippen molar-refractivity contribution < 1.29 is 10.2 Å². The van der Waals surface area contributed by atoms with Gasteiger partial charge in [0.2, 0.25) is 0 Å². The quantitative estimate of drug-likeness (QED) is 0.732. The molecule has 7 heteroatoms. The summed E-state index contributed by atoms with van der Waals surface area (Å²) in [5, 5.41) is 24.0. The van der Waals surface area contributed by atoms with Crippen LogP contribution in [0.25, 0.3) is 0 Å². The zero-order valence-corrected chi connectivity index (χ0v) is 14.9. The topological polar surface area (TPSA) is 81.5 Å². The molecule has 3 rings (SSSR count). The number of anilines is 2. The van der Waals surface area contributed by atoms with Crippen molar-refractivity contribution in [2.24, 2.45) is 0 Å². The highest BCUT2D eigenvalue weighted by atomic mass is 35.5. The molecular formula is C18H23ClN4O2. The summed E-state index contributed by atoms with van der Waals surface area (Å²) in [5.74, 6) is 1.42. The van der Waals surface area contributed by atoms with Gasteiger partial charge in [0.15, 0.2) is 0 Å². The Morgan fingerprint density at radius 1 is 1.36 bits per heavy atom. The smallest absolute Gasteiger partial charge is 0.134 e. The van der Waals surface area contributed by atoms with Gasteiger partial charge >= 0.3 is 0 Å². The molecule has 2 unspecified atom stereocenters. The molecule has 0 spiro atoms. The minimum Gasteiger partial charge on any atom is -0.394 e. The van der Waals surface area contributed by atoms with E-state index in [-0.39, 0.29) is 19.2 Å². The molecule has 3 N–H and O–H groups in total. The van der Waals surface area contributed by atoms with E-state index in [1.54, 1.807) is 19.1 Å². The number of aromatic nitrogens is 2. The van der Waals surface area contributed by atoms with E-state index < -0.39 is 5.60 Å². The highest BCUT2D eigenvalue weighted by Crippen LogP contribution is 2.26. The van der Waals surface area contributed by atoms with E-state index in [0.29, 0.717) is 10.8 Å². The fourth-order valence-electron chi connectivity index (χ4n) is 3.12. The maximum absolute atomic E-state index is 10.7. The molecule has 25 heavy (non-hydrogen) atoms. The first-order chi connectivity index (χ1) is 12.0. The molecule has 1 aromatic heterocycles. The van der Waals surface area contributed by atoms with Crippen molar-refractivity contribution >= 4 is 23.2 Å². The lowest BCUT2D eigenvalue weighted by Crippen LogP contribution is -2.33. The maximum Gasteiger partial charge on any atom is 0.134 e. The van der Waals surface area contributed by atoms with Crippen molar-refractivity contribution in [1.29, 1.82) is 0 Å². The number of aliphatic hydroxyl groups excluding tert-OH is 1. The van der Waals surface area contributed by atoms with Crippen LogP contribution in [0.4, 0.5) is 11.6 Å². The Kier molecular flexibility index (Phi) is 5.42. The van der Waals surface area contributed by atoms with E-state index in [2.05, 4.69) is 20.2 Å². The van der Waals surface area contributed by atoms with E-state index in [4.69, 9.17) is 11.6 Å². The molecular weight excluding hydrogens is 340 g/mol. The molecule has 1 aromatic carbocycles. The van der Waals surface area contributed by atoms with Gasteiger partial charge in [-0.3, -0.25) is 0 Å². The van der Waals surface area contributed by atoms with Crippen LogP contribution < -0.4 is 10.2 Å². The third-order valence-corrected chi connectivity index (χ3v) is 4.83. The lowest BCUT2D eigenvalue weighted by molar-refractivity contribution is 0.0714. The fourth-order valence-corrected chi connectivity index (χ4v) is 3.31. The first-order valence-electron chi connectivity index (χ1n) is 8.41. The predicted octanol–water partition coefficient (Wildman–Crippen LogP) is 2.41. The van der Waals surface area contributed by atoms with Crippen LogP contribution in [0.5, 0.6) is 0 Å². The van der Waals surface area contributed by atoms with Gasteiger partial charge in [0.25, 0.3) is 0 Å². The minimum absolute atomic E-state index is 0.109. The van der Waals surface area contributed by atoms with Crippen molar-refractivity contribution in [3.63, 3.8) is 0 Å². The van der Waals surface area contributed by atoms with Gasteiger partial charge in [-0.2, -0.15) is 0 Å². The number of halogens is 1. The SMILES string of the molecule is CC(O)(CNc1cc(N2CCCC2CO)ncn1)c1cccc(Cl)c1. The van der Waals surface area contributed by atoms with Gasteiger partial charge in [-0.25, -0.2) is 9.97 Å². The summed E-state index contributed by atoms with van der Waals surface area (Å²) in [6, 6.07) is 9.15. The Balaban J connectivity index is 1.70.